The highest BCUT2D eigenvalue weighted by atomic mass is 32.1. The summed E-state index contributed by atoms with van der Waals surface area (Å²) in [5.41, 5.74) is 3.07. The highest BCUT2D eigenvalue weighted by Crippen LogP contribution is 2.25. The Morgan fingerprint density at radius 1 is 1.32 bits per heavy atom. The number of hydrogen-bond donors (Lipinski definition) is 1. The van der Waals surface area contributed by atoms with Crippen LogP contribution in [0.5, 0.6) is 5.75 Å². The van der Waals surface area contributed by atoms with Crippen molar-refractivity contribution in [3.63, 3.8) is 0 Å². The molecule has 5 heteroatoms. The van der Waals surface area contributed by atoms with Crippen molar-refractivity contribution in [3.8, 4) is 5.75 Å². The highest BCUT2D eigenvalue weighted by molar-refractivity contribution is 7.10. The van der Waals surface area contributed by atoms with Gasteiger partial charge in [0.1, 0.15) is 5.75 Å². The van der Waals surface area contributed by atoms with Crippen LogP contribution >= 0.6 is 11.3 Å². The summed E-state index contributed by atoms with van der Waals surface area (Å²) in [6.07, 6.45) is 0. The Labute approximate surface area is 135 Å². The number of benzene rings is 1. The molecule has 22 heavy (non-hydrogen) atoms. The van der Waals surface area contributed by atoms with Crippen LogP contribution in [0.2, 0.25) is 0 Å². The molecule has 1 aromatic carbocycles. The first-order chi connectivity index (χ1) is 10.5. The fraction of sp³-hybridized carbons (Fsp3) is 0.353. The van der Waals surface area contributed by atoms with Crippen molar-refractivity contribution < 1.29 is 9.53 Å². The predicted molar refractivity (Wildman–Crippen MR) is 91.8 cm³/mol. The molecule has 0 aliphatic carbocycles. The van der Waals surface area contributed by atoms with Crippen molar-refractivity contribution in [1.29, 1.82) is 0 Å². The molecule has 0 saturated carbocycles. The van der Waals surface area contributed by atoms with Gasteiger partial charge in [0.05, 0.1) is 19.3 Å². The summed E-state index contributed by atoms with van der Waals surface area (Å²) in [7, 11) is 3.55. The first kappa shape index (κ1) is 16.5. The van der Waals surface area contributed by atoms with Crippen LogP contribution in [0, 0.1) is 13.8 Å². The Balaban J connectivity index is 1.95. The smallest absolute Gasteiger partial charge is 0.238 e. The lowest BCUT2D eigenvalue weighted by Gasteiger charge is -2.17. The van der Waals surface area contributed by atoms with Crippen molar-refractivity contribution in [2.24, 2.45) is 0 Å². The topological polar surface area (TPSA) is 41.6 Å². The molecule has 0 atom stereocenters. The lowest BCUT2D eigenvalue weighted by atomic mass is 10.2. The number of anilines is 1. The van der Waals surface area contributed by atoms with E-state index in [1.54, 1.807) is 18.4 Å². The van der Waals surface area contributed by atoms with Gasteiger partial charge in [0.15, 0.2) is 0 Å². The Kier molecular flexibility index (Phi) is 5.57. The van der Waals surface area contributed by atoms with Crippen molar-refractivity contribution >= 4 is 22.9 Å². The Morgan fingerprint density at radius 3 is 2.73 bits per heavy atom. The molecular weight excluding hydrogens is 296 g/mol. The lowest BCUT2D eigenvalue weighted by molar-refractivity contribution is -0.117. The van der Waals surface area contributed by atoms with Gasteiger partial charge in [0.2, 0.25) is 5.91 Å². The van der Waals surface area contributed by atoms with E-state index in [0.29, 0.717) is 18.0 Å². The van der Waals surface area contributed by atoms with E-state index >= 15 is 0 Å². The molecule has 118 valence electrons. The van der Waals surface area contributed by atoms with Crippen LogP contribution in [0.3, 0.4) is 0 Å². The summed E-state index contributed by atoms with van der Waals surface area (Å²) in [4.78, 5) is 15.5. The van der Waals surface area contributed by atoms with E-state index in [9.17, 15) is 4.79 Å². The zero-order valence-electron chi connectivity index (χ0n) is 13.5. The molecule has 0 bridgehead atoms. The average molecular weight is 318 g/mol. The molecule has 2 aromatic rings. The zero-order chi connectivity index (χ0) is 16.1. The van der Waals surface area contributed by atoms with E-state index in [1.807, 2.05) is 37.1 Å². The SMILES string of the molecule is COc1ccc(C)cc1NC(=O)CN(C)Cc1sccc1C. The van der Waals surface area contributed by atoms with Gasteiger partial charge in [-0.1, -0.05) is 6.07 Å². The second-order valence-corrected chi connectivity index (χ2v) is 6.45. The second-order valence-electron chi connectivity index (χ2n) is 5.45. The number of ether oxygens (including phenoxy) is 1. The monoisotopic (exact) mass is 318 g/mol. The molecular formula is C17H22N2O2S. The third-order valence-electron chi connectivity index (χ3n) is 3.42. The van der Waals surface area contributed by atoms with E-state index in [0.717, 1.165) is 12.1 Å². The van der Waals surface area contributed by atoms with Gasteiger partial charge in [-0.15, -0.1) is 11.3 Å². The number of rotatable bonds is 6. The number of carbonyl (C=O) groups excluding carboxylic acids is 1. The third kappa shape index (κ3) is 4.32. The van der Waals surface area contributed by atoms with E-state index in [2.05, 4.69) is 23.7 Å². The number of amides is 1. The van der Waals surface area contributed by atoms with E-state index < -0.39 is 0 Å². The molecule has 0 saturated heterocycles. The van der Waals surface area contributed by atoms with Crippen LogP contribution in [0.1, 0.15) is 16.0 Å². The fourth-order valence-electron chi connectivity index (χ4n) is 2.22. The minimum absolute atomic E-state index is 0.0411. The van der Waals surface area contributed by atoms with Crippen molar-refractivity contribution in [2.75, 3.05) is 26.0 Å². The lowest BCUT2D eigenvalue weighted by Crippen LogP contribution is -2.29. The molecule has 4 nitrogen and oxygen atoms in total. The van der Waals surface area contributed by atoms with E-state index in [-0.39, 0.29) is 5.91 Å². The van der Waals surface area contributed by atoms with Gasteiger partial charge in [0.25, 0.3) is 0 Å². The minimum Gasteiger partial charge on any atom is -0.495 e. The van der Waals surface area contributed by atoms with Gasteiger partial charge in [0, 0.05) is 11.4 Å². The Bertz CT molecular complexity index is 652. The largest absolute Gasteiger partial charge is 0.495 e. The number of aryl methyl sites for hydroxylation is 2. The Morgan fingerprint density at radius 2 is 2.09 bits per heavy atom. The summed E-state index contributed by atoms with van der Waals surface area (Å²) in [6.45, 7) is 5.20. The van der Waals surface area contributed by atoms with Crippen LogP contribution in [-0.2, 0) is 11.3 Å². The maximum atomic E-state index is 12.2. The molecule has 1 heterocycles. The minimum atomic E-state index is -0.0411. The number of likely N-dealkylation sites (N-methyl/N-ethyl adjacent to an activating group) is 1. The number of hydrogen-bond acceptors (Lipinski definition) is 4. The quantitative estimate of drug-likeness (QED) is 0.887. The molecule has 0 unspecified atom stereocenters. The molecule has 0 spiro atoms. The van der Waals surface area contributed by atoms with Gasteiger partial charge >= 0.3 is 0 Å². The van der Waals surface area contributed by atoms with Crippen LogP contribution < -0.4 is 10.1 Å². The molecule has 1 aromatic heterocycles. The van der Waals surface area contributed by atoms with Crippen LogP contribution in [0.25, 0.3) is 0 Å². The predicted octanol–water partition coefficient (Wildman–Crippen LogP) is 3.44. The molecule has 1 N–H and O–H groups in total. The van der Waals surface area contributed by atoms with E-state index in [1.165, 1.54) is 10.4 Å². The number of methoxy groups -OCH3 is 1. The maximum Gasteiger partial charge on any atom is 0.238 e. The molecule has 0 aliphatic rings. The van der Waals surface area contributed by atoms with Gasteiger partial charge in [-0.3, -0.25) is 9.69 Å². The summed E-state index contributed by atoms with van der Waals surface area (Å²) in [5.74, 6) is 0.635. The number of thiophene rings is 1. The Hall–Kier alpha value is -1.85. The average Bonchev–Trinajstić information content (AvgIpc) is 2.84. The van der Waals surface area contributed by atoms with Gasteiger partial charge in [-0.05, 0) is 55.6 Å². The molecule has 0 aliphatic heterocycles. The molecule has 0 radical (unpaired) electrons. The highest BCUT2D eigenvalue weighted by Gasteiger charge is 2.12. The van der Waals surface area contributed by atoms with Crippen LogP contribution in [0.4, 0.5) is 5.69 Å². The molecule has 1 amide bonds. The second kappa shape index (κ2) is 7.42. The first-order valence-electron chi connectivity index (χ1n) is 7.15. The molecule has 0 fully saturated rings. The van der Waals surface area contributed by atoms with E-state index in [4.69, 9.17) is 4.74 Å². The van der Waals surface area contributed by atoms with Crippen LogP contribution in [0.15, 0.2) is 29.6 Å². The van der Waals surface area contributed by atoms with Crippen molar-refractivity contribution in [2.45, 2.75) is 20.4 Å². The van der Waals surface area contributed by atoms with Crippen molar-refractivity contribution in [1.82, 2.24) is 4.90 Å². The van der Waals surface area contributed by atoms with Gasteiger partial charge in [-0.2, -0.15) is 0 Å². The summed E-state index contributed by atoms with van der Waals surface area (Å²) >= 11 is 1.72. The van der Waals surface area contributed by atoms with Crippen molar-refractivity contribution in [3.05, 3.63) is 45.6 Å². The van der Waals surface area contributed by atoms with Gasteiger partial charge in [-0.25, -0.2) is 0 Å². The first-order valence-corrected chi connectivity index (χ1v) is 8.03. The zero-order valence-corrected chi connectivity index (χ0v) is 14.3. The molecule has 2 rings (SSSR count). The number of nitrogens with zero attached hydrogens (tertiary/aromatic N) is 1. The summed E-state index contributed by atoms with van der Waals surface area (Å²) < 4.78 is 5.28. The summed E-state index contributed by atoms with van der Waals surface area (Å²) in [5, 5.41) is 5.00. The summed E-state index contributed by atoms with van der Waals surface area (Å²) in [6, 6.07) is 7.84. The van der Waals surface area contributed by atoms with Gasteiger partial charge < -0.3 is 10.1 Å². The maximum absolute atomic E-state index is 12.2. The standard InChI is InChI=1S/C17H22N2O2S/c1-12-5-6-15(21-4)14(9-12)18-17(20)11-19(3)10-16-13(2)7-8-22-16/h5-9H,10-11H2,1-4H3,(H,18,20). The van der Waals surface area contributed by atoms with Crippen LogP contribution in [-0.4, -0.2) is 31.5 Å². The number of carbonyl (C=O) groups is 1. The third-order valence-corrected chi connectivity index (χ3v) is 4.43. The number of nitrogens with one attached hydrogen (secondary N) is 1. The normalized spacial score (nSPS) is 10.8. The fourth-order valence-corrected chi connectivity index (χ4v) is 3.21.